The Hall–Kier alpha value is -0.350. The van der Waals surface area contributed by atoms with Crippen LogP contribution in [0.2, 0.25) is 0 Å². The van der Waals surface area contributed by atoms with E-state index in [1.807, 2.05) is 18.2 Å². The lowest BCUT2D eigenvalue weighted by Crippen LogP contribution is -2.30. The molecule has 1 aliphatic carbocycles. The predicted octanol–water partition coefficient (Wildman–Crippen LogP) is 4.52. The molecule has 1 amide bonds. The van der Waals surface area contributed by atoms with Gasteiger partial charge in [-0.15, -0.1) is 0 Å². The average Bonchev–Trinajstić information content (AvgIpc) is 3.06. The van der Waals surface area contributed by atoms with Crippen LogP contribution in [-0.2, 0) is 0 Å². The van der Waals surface area contributed by atoms with E-state index in [1.54, 1.807) is 0 Å². The van der Waals surface area contributed by atoms with Gasteiger partial charge in [-0.2, -0.15) is 0 Å². The zero-order valence-electron chi connectivity index (χ0n) is 10.4. The minimum absolute atomic E-state index is 0.0133. The average molecular weight is 375 g/mol. The second kappa shape index (κ2) is 5.74. The van der Waals surface area contributed by atoms with Crippen LogP contribution in [0.4, 0.5) is 0 Å². The van der Waals surface area contributed by atoms with Crippen molar-refractivity contribution in [1.82, 2.24) is 5.32 Å². The maximum absolute atomic E-state index is 12.1. The van der Waals surface area contributed by atoms with Crippen molar-refractivity contribution in [3.05, 3.63) is 32.7 Å². The lowest BCUT2D eigenvalue weighted by atomic mass is 10.0. The maximum Gasteiger partial charge on any atom is 0.251 e. The van der Waals surface area contributed by atoms with Crippen molar-refractivity contribution >= 4 is 37.8 Å². The van der Waals surface area contributed by atoms with Gasteiger partial charge >= 0.3 is 0 Å². The van der Waals surface area contributed by atoms with Crippen LogP contribution in [0.5, 0.6) is 0 Å². The number of carbonyl (C=O) groups excluding carboxylic acids is 1. The zero-order valence-corrected chi connectivity index (χ0v) is 13.6. The van der Waals surface area contributed by atoms with E-state index in [0.717, 1.165) is 15.5 Å². The van der Waals surface area contributed by atoms with E-state index in [9.17, 15) is 4.79 Å². The molecule has 1 aromatic rings. The van der Waals surface area contributed by atoms with Crippen LogP contribution in [-0.4, -0.2) is 12.5 Å². The van der Waals surface area contributed by atoms with E-state index in [4.69, 9.17) is 0 Å². The van der Waals surface area contributed by atoms with E-state index in [0.29, 0.717) is 11.0 Å². The van der Waals surface area contributed by atoms with E-state index in [-0.39, 0.29) is 5.91 Å². The molecule has 18 heavy (non-hydrogen) atoms. The van der Waals surface area contributed by atoms with Crippen molar-refractivity contribution in [2.75, 3.05) is 6.54 Å². The number of hydrogen-bond donors (Lipinski definition) is 1. The largest absolute Gasteiger partial charge is 0.351 e. The fraction of sp³-hybridized carbons (Fsp3) is 0.500. The molecule has 1 N–H and O–H groups in total. The highest BCUT2D eigenvalue weighted by molar-refractivity contribution is 9.11. The summed E-state index contributed by atoms with van der Waals surface area (Å²) in [4.78, 5) is 12.1. The number of rotatable bonds is 5. The van der Waals surface area contributed by atoms with E-state index >= 15 is 0 Å². The third-order valence-corrected chi connectivity index (χ3v) is 4.40. The molecular formula is C14H17Br2NO. The first kappa shape index (κ1) is 14.1. The second-order valence-electron chi connectivity index (χ2n) is 5.09. The first-order chi connectivity index (χ1) is 8.54. The zero-order chi connectivity index (χ0) is 13.2. The number of benzene rings is 1. The molecule has 0 radical (unpaired) electrons. The quantitative estimate of drug-likeness (QED) is 0.806. The number of hydrogen-bond acceptors (Lipinski definition) is 1. The maximum atomic E-state index is 12.1. The SMILES string of the molecule is CCCC1(CNC(=O)c2cc(Br)cc(Br)c2)CC1. The van der Waals surface area contributed by atoms with Gasteiger partial charge in [0.1, 0.15) is 0 Å². The molecule has 0 heterocycles. The fourth-order valence-electron chi connectivity index (χ4n) is 2.28. The summed E-state index contributed by atoms with van der Waals surface area (Å²) in [6.07, 6.45) is 4.92. The van der Waals surface area contributed by atoms with Gasteiger partial charge in [0.25, 0.3) is 5.91 Å². The van der Waals surface area contributed by atoms with Gasteiger partial charge < -0.3 is 5.32 Å². The molecular weight excluding hydrogens is 358 g/mol. The highest BCUT2D eigenvalue weighted by Gasteiger charge is 2.41. The minimum Gasteiger partial charge on any atom is -0.351 e. The van der Waals surface area contributed by atoms with Gasteiger partial charge in [0.2, 0.25) is 0 Å². The lowest BCUT2D eigenvalue weighted by Gasteiger charge is -2.15. The van der Waals surface area contributed by atoms with Crippen LogP contribution >= 0.6 is 31.9 Å². The summed E-state index contributed by atoms with van der Waals surface area (Å²) < 4.78 is 1.83. The van der Waals surface area contributed by atoms with Gasteiger partial charge in [-0.1, -0.05) is 45.2 Å². The third kappa shape index (κ3) is 3.58. The molecule has 1 saturated carbocycles. The van der Waals surface area contributed by atoms with Gasteiger partial charge in [0.05, 0.1) is 0 Å². The summed E-state index contributed by atoms with van der Waals surface area (Å²) >= 11 is 6.80. The van der Waals surface area contributed by atoms with Gasteiger partial charge in [-0.25, -0.2) is 0 Å². The Kier molecular flexibility index (Phi) is 4.49. The van der Waals surface area contributed by atoms with Crippen LogP contribution in [0.15, 0.2) is 27.1 Å². The van der Waals surface area contributed by atoms with Crippen molar-refractivity contribution in [1.29, 1.82) is 0 Å². The van der Waals surface area contributed by atoms with Crippen LogP contribution < -0.4 is 5.32 Å². The van der Waals surface area contributed by atoms with Crippen LogP contribution in [0.1, 0.15) is 43.0 Å². The highest BCUT2D eigenvalue weighted by atomic mass is 79.9. The normalized spacial score (nSPS) is 16.4. The molecule has 1 fully saturated rings. The smallest absolute Gasteiger partial charge is 0.251 e. The van der Waals surface area contributed by atoms with Gasteiger partial charge in [-0.05, 0) is 42.9 Å². The Bertz CT molecular complexity index is 435. The molecule has 0 aliphatic heterocycles. The molecule has 2 nitrogen and oxygen atoms in total. The van der Waals surface area contributed by atoms with Crippen molar-refractivity contribution in [3.8, 4) is 0 Å². The topological polar surface area (TPSA) is 29.1 Å². The molecule has 1 aliphatic rings. The Labute approximate surface area is 125 Å². The summed E-state index contributed by atoms with van der Waals surface area (Å²) in [5.74, 6) is 0.0133. The molecule has 0 unspecified atom stereocenters. The number of amides is 1. The van der Waals surface area contributed by atoms with Crippen LogP contribution in [0.25, 0.3) is 0 Å². The summed E-state index contributed by atoms with van der Waals surface area (Å²) in [5, 5.41) is 3.06. The minimum atomic E-state index is 0.0133. The summed E-state index contributed by atoms with van der Waals surface area (Å²) in [6, 6.07) is 5.62. The molecule has 0 saturated heterocycles. The van der Waals surface area contributed by atoms with Crippen molar-refractivity contribution in [2.45, 2.75) is 32.6 Å². The molecule has 2 rings (SSSR count). The fourth-order valence-corrected chi connectivity index (χ4v) is 3.57. The standard InChI is InChI=1S/C14H17Br2NO/c1-2-3-14(4-5-14)9-17-13(18)10-6-11(15)8-12(16)7-10/h6-8H,2-5,9H2,1H3,(H,17,18). The monoisotopic (exact) mass is 373 g/mol. The lowest BCUT2D eigenvalue weighted by molar-refractivity contribution is 0.0943. The molecule has 98 valence electrons. The van der Waals surface area contributed by atoms with Crippen molar-refractivity contribution < 1.29 is 4.79 Å². The Balaban J connectivity index is 1.95. The molecule has 0 spiro atoms. The number of nitrogens with one attached hydrogen (secondary N) is 1. The van der Waals surface area contributed by atoms with E-state index in [2.05, 4.69) is 44.1 Å². The molecule has 0 atom stereocenters. The molecule has 1 aromatic carbocycles. The first-order valence-corrected chi connectivity index (χ1v) is 7.88. The number of carbonyl (C=O) groups is 1. The van der Waals surface area contributed by atoms with Gasteiger partial charge in [0, 0.05) is 21.1 Å². The van der Waals surface area contributed by atoms with Crippen LogP contribution in [0, 0.1) is 5.41 Å². The summed E-state index contributed by atoms with van der Waals surface area (Å²) in [7, 11) is 0. The summed E-state index contributed by atoms with van der Waals surface area (Å²) in [5.41, 5.74) is 1.09. The van der Waals surface area contributed by atoms with Crippen LogP contribution in [0.3, 0.4) is 0 Å². The molecule has 0 aromatic heterocycles. The summed E-state index contributed by atoms with van der Waals surface area (Å²) in [6.45, 7) is 3.01. The van der Waals surface area contributed by atoms with E-state index in [1.165, 1.54) is 25.7 Å². The van der Waals surface area contributed by atoms with Crippen molar-refractivity contribution in [2.24, 2.45) is 5.41 Å². The second-order valence-corrected chi connectivity index (χ2v) is 6.92. The predicted molar refractivity (Wildman–Crippen MR) is 80.8 cm³/mol. The Morgan fingerprint density at radius 2 is 1.89 bits per heavy atom. The highest BCUT2D eigenvalue weighted by Crippen LogP contribution is 2.48. The van der Waals surface area contributed by atoms with Gasteiger partial charge in [-0.3, -0.25) is 4.79 Å². The van der Waals surface area contributed by atoms with E-state index < -0.39 is 0 Å². The first-order valence-electron chi connectivity index (χ1n) is 6.29. The third-order valence-electron chi connectivity index (χ3n) is 3.49. The Morgan fingerprint density at radius 3 is 2.39 bits per heavy atom. The van der Waals surface area contributed by atoms with Crippen molar-refractivity contribution in [3.63, 3.8) is 0 Å². The van der Waals surface area contributed by atoms with Gasteiger partial charge in [0.15, 0.2) is 0 Å². The number of halogens is 2. The molecule has 0 bridgehead atoms. The molecule has 4 heteroatoms. The Morgan fingerprint density at radius 1 is 1.28 bits per heavy atom.